The van der Waals surface area contributed by atoms with E-state index < -0.39 is 30.0 Å². The number of anilines is 1. The second kappa shape index (κ2) is 6.95. The Labute approximate surface area is 163 Å². The maximum Gasteiger partial charge on any atom is 0.471 e. The van der Waals surface area contributed by atoms with Gasteiger partial charge in [-0.3, -0.25) is 4.79 Å². The van der Waals surface area contributed by atoms with Crippen molar-refractivity contribution in [1.29, 1.82) is 5.26 Å². The first-order valence-electron chi connectivity index (χ1n) is 8.94. The number of nitrogens with one attached hydrogen (secondary N) is 1. The van der Waals surface area contributed by atoms with Crippen LogP contribution in [0.25, 0.3) is 0 Å². The number of fused-ring (bicyclic) bond motifs is 5. The molecule has 29 heavy (non-hydrogen) atoms. The number of benzene rings is 2. The first-order chi connectivity index (χ1) is 13.8. The van der Waals surface area contributed by atoms with E-state index in [2.05, 4.69) is 5.32 Å². The van der Waals surface area contributed by atoms with Gasteiger partial charge in [0.15, 0.2) is 5.75 Å². The summed E-state index contributed by atoms with van der Waals surface area (Å²) in [5.41, 5.74) is 0.781. The lowest BCUT2D eigenvalue weighted by Crippen LogP contribution is -2.52. The van der Waals surface area contributed by atoms with E-state index in [0.717, 1.165) is 6.07 Å². The predicted octanol–water partition coefficient (Wildman–Crippen LogP) is 4.19. The summed E-state index contributed by atoms with van der Waals surface area (Å²) < 4.78 is 58.6. The van der Waals surface area contributed by atoms with Gasteiger partial charge < -0.3 is 15.0 Å². The molecular weight excluding hydrogens is 390 g/mol. The van der Waals surface area contributed by atoms with Gasteiger partial charge in [0.1, 0.15) is 17.6 Å². The molecule has 5 nitrogen and oxygen atoms in total. The fraction of sp³-hybridized carbons (Fsp3) is 0.300. The average Bonchev–Trinajstić information content (AvgIpc) is 2.81. The molecule has 0 aliphatic carbocycles. The van der Waals surface area contributed by atoms with E-state index >= 15 is 0 Å². The van der Waals surface area contributed by atoms with Crippen molar-refractivity contribution in [2.45, 2.75) is 31.1 Å². The standard InChI is InChI=1S/C20H15F4N3O2/c21-13-9-17-15(8-11(13)10-25)27-7-3-5-14(26-19(28)20(22,23)24)18(27)12-4-1-2-6-16(12)29-17/h1-2,4,6,8-9,14,18H,3,5,7H2,(H,26,28)/t14-,18-/m1/s1. The number of nitriles is 1. The maximum absolute atomic E-state index is 14.2. The van der Waals surface area contributed by atoms with Crippen LogP contribution in [0.2, 0.25) is 0 Å². The molecule has 1 amide bonds. The summed E-state index contributed by atoms with van der Waals surface area (Å²) in [6, 6.07) is 9.45. The highest BCUT2D eigenvalue weighted by atomic mass is 19.4. The van der Waals surface area contributed by atoms with Crippen molar-refractivity contribution in [3.63, 3.8) is 0 Å². The molecule has 1 N–H and O–H groups in total. The minimum atomic E-state index is -5.00. The van der Waals surface area contributed by atoms with Crippen molar-refractivity contribution < 1.29 is 27.1 Å². The zero-order valence-corrected chi connectivity index (χ0v) is 15.0. The number of ether oxygens (including phenoxy) is 1. The van der Waals surface area contributed by atoms with Crippen molar-refractivity contribution >= 4 is 11.6 Å². The molecule has 9 heteroatoms. The zero-order valence-electron chi connectivity index (χ0n) is 15.0. The number of alkyl halides is 3. The van der Waals surface area contributed by atoms with Crippen LogP contribution >= 0.6 is 0 Å². The van der Waals surface area contributed by atoms with Gasteiger partial charge in [-0.25, -0.2) is 4.39 Å². The van der Waals surface area contributed by atoms with Crippen LogP contribution in [0.4, 0.5) is 23.2 Å². The van der Waals surface area contributed by atoms with E-state index in [1.54, 1.807) is 35.2 Å². The molecule has 2 atom stereocenters. The fourth-order valence-corrected chi connectivity index (χ4v) is 3.92. The number of para-hydroxylation sites is 1. The van der Waals surface area contributed by atoms with Gasteiger partial charge in [-0.15, -0.1) is 0 Å². The monoisotopic (exact) mass is 405 g/mol. The van der Waals surface area contributed by atoms with Crippen molar-refractivity contribution in [3.8, 4) is 17.6 Å². The predicted molar refractivity (Wildman–Crippen MR) is 94.9 cm³/mol. The minimum absolute atomic E-state index is 0.166. The van der Waals surface area contributed by atoms with E-state index in [-0.39, 0.29) is 11.3 Å². The van der Waals surface area contributed by atoms with Gasteiger partial charge in [0.05, 0.1) is 23.3 Å². The van der Waals surface area contributed by atoms with Crippen molar-refractivity contribution in [2.24, 2.45) is 0 Å². The Morgan fingerprint density at radius 1 is 1.24 bits per heavy atom. The molecule has 2 aromatic rings. The van der Waals surface area contributed by atoms with Gasteiger partial charge in [-0.2, -0.15) is 18.4 Å². The lowest BCUT2D eigenvalue weighted by molar-refractivity contribution is -0.174. The van der Waals surface area contributed by atoms with Gasteiger partial charge in [-0.1, -0.05) is 18.2 Å². The van der Waals surface area contributed by atoms with E-state index in [4.69, 9.17) is 4.74 Å². The SMILES string of the molecule is N#Cc1cc2c(cc1F)Oc1ccccc1[C@@H]1[C@H](NC(=O)C(F)(F)F)CCCN21. The van der Waals surface area contributed by atoms with Crippen molar-refractivity contribution in [3.05, 3.63) is 53.3 Å². The molecular formula is C20H15F4N3O2. The third kappa shape index (κ3) is 3.35. The van der Waals surface area contributed by atoms with E-state index in [1.165, 1.54) is 6.07 Å². The second-order valence-corrected chi connectivity index (χ2v) is 6.91. The summed E-state index contributed by atoms with van der Waals surface area (Å²) in [7, 11) is 0. The van der Waals surface area contributed by atoms with Crippen molar-refractivity contribution in [1.82, 2.24) is 5.32 Å². The number of amides is 1. The van der Waals surface area contributed by atoms with Gasteiger partial charge >= 0.3 is 12.1 Å². The van der Waals surface area contributed by atoms with Crippen LogP contribution in [-0.4, -0.2) is 24.7 Å². The number of piperidine rings is 1. The van der Waals surface area contributed by atoms with E-state index in [9.17, 15) is 27.6 Å². The topological polar surface area (TPSA) is 65.4 Å². The molecule has 0 aromatic heterocycles. The van der Waals surface area contributed by atoms with Gasteiger partial charge in [0.2, 0.25) is 0 Å². The number of halogens is 4. The zero-order chi connectivity index (χ0) is 20.8. The molecule has 1 fully saturated rings. The molecule has 1 saturated heterocycles. The highest BCUT2D eigenvalue weighted by Crippen LogP contribution is 2.48. The van der Waals surface area contributed by atoms with Crippen LogP contribution < -0.4 is 15.0 Å². The number of carbonyl (C=O) groups is 1. The highest BCUT2D eigenvalue weighted by Gasteiger charge is 2.44. The smallest absolute Gasteiger partial charge is 0.455 e. The lowest BCUT2D eigenvalue weighted by Gasteiger charge is -2.42. The Balaban J connectivity index is 1.85. The molecule has 0 spiro atoms. The molecule has 4 rings (SSSR count). The largest absolute Gasteiger partial charge is 0.471 e. The Bertz CT molecular complexity index is 1020. The highest BCUT2D eigenvalue weighted by molar-refractivity contribution is 5.82. The van der Waals surface area contributed by atoms with E-state index in [1.807, 2.05) is 0 Å². The fourth-order valence-electron chi connectivity index (χ4n) is 3.92. The Morgan fingerprint density at radius 2 is 2.00 bits per heavy atom. The summed E-state index contributed by atoms with van der Waals surface area (Å²) in [5, 5.41) is 11.3. The van der Waals surface area contributed by atoms with E-state index in [0.29, 0.717) is 36.4 Å². The third-order valence-corrected chi connectivity index (χ3v) is 5.14. The van der Waals surface area contributed by atoms with Crippen molar-refractivity contribution in [2.75, 3.05) is 11.4 Å². The maximum atomic E-state index is 14.2. The Morgan fingerprint density at radius 3 is 2.72 bits per heavy atom. The molecule has 0 radical (unpaired) electrons. The quantitative estimate of drug-likeness (QED) is 0.723. The lowest BCUT2D eigenvalue weighted by atomic mass is 9.89. The van der Waals surface area contributed by atoms with Gasteiger partial charge in [-0.05, 0) is 25.0 Å². The van der Waals surface area contributed by atoms with Crippen LogP contribution in [0.5, 0.6) is 11.5 Å². The Hall–Kier alpha value is -3.28. The summed E-state index contributed by atoms with van der Waals surface area (Å²) in [6.07, 6.45) is -4.17. The number of carbonyl (C=O) groups excluding carboxylic acids is 1. The normalized spacial score (nSPS) is 20.3. The third-order valence-electron chi connectivity index (χ3n) is 5.14. The molecule has 2 heterocycles. The number of rotatable bonds is 1. The summed E-state index contributed by atoms with van der Waals surface area (Å²) in [4.78, 5) is 13.4. The van der Waals surface area contributed by atoms with Crippen LogP contribution in [0.1, 0.15) is 30.0 Å². The van der Waals surface area contributed by atoms with Crippen LogP contribution in [0.3, 0.4) is 0 Å². The van der Waals surface area contributed by atoms with Crippen LogP contribution in [-0.2, 0) is 4.79 Å². The number of hydrogen-bond donors (Lipinski definition) is 1. The van der Waals surface area contributed by atoms with Gasteiger partial charge in [0, 0.05) is 18.2 Å². The molecule has 2 aromatic carbocycles. The summed E-state index contributed by atoms with van der Waals surface area (Å²) >= 11 is 0. The molecule has 0 saturated carbocycles. The van der Waals surface area contributed by atoms with Crippen LogP contribution in [0, 0.1) is 17.1 Å². The summed E-state index contributed by atoms with van der Waals surface area (Å²) in [6.45, 7) is 0.449. The molecule has 150 valence electrons. The number of nitrogens with zero attached hydrogens (tertiary/aromatic N) is 2. The van der Waals surface area contributed by atoms with Crippen LogP contribution in [0.15, 0.2) is 36.4 Å². The second-order valence-electron chi connectivity index (χ2n) is 6.91. The average molecular weight is 405 g/mol. The first kappa shape index (κ1) is 19.1. The molecule has 2 aliphatic rings. The minimum Gasteiger partial charge on any atom is -0.455 e. The van der Waals surface area contributed by atoms with Gasteiger partial charge in [0.25, 0.3) is 0 Å². The molecule has 2 aliphatic heterocycles. The number of hydrogen-bond acceptors (Lipinski definition) is 4. The summed E-state index contributed by atoms with van der Waals surface area (Å²) in [5.74, 6) is -2.23. The molecule has 0 unspecified atom stereocenters. The first-order valence-corrected chi connectivity index (χ1v) is 8.94. The Kier molecular flexibility index (Phi) is 4.57. The molecule has 0 bridgehead atoms.